The molecule has 2 nitrogen and oxygen atoms in total. The first-order chi connectivity index (χ1) is 10.1. The minimum atomic E-state index is -0.218. The molecule has 0 spiro atoms. The second-order valence-electron chi connectivity index (χ2n) is 4.93. The van der Waals surface area contributed by atoms with Gasteiger partial charge in [0.1, 0.15) is 11.7 Å². The Morgan fingerprint density at radius 3 is 2.86 bits per heavy atom. The first kappa shape index (κ1) is 14.5. The van der Waals surface area contributed by atoms with Gasteiger partial charge >= 0.3 is 0 Å². The van der Waals surface area contributed by atoms with Gasteiger partial charge in [0.05, 0.1) is 11.7 Å². The zero-order chi connectivity index (χ0) is 14.8. The number of aliphatic imine (C=N–C) groups is 1. The molecule has 1 N–H and O–H groups in total. The molecule has 2 aromatic carbocycles. The number of hydrogen-bond donors (Lipinski definition) is 1. The van der Waals surface area contributed by atoms with Gasteiger partial charge in [0.15, 0.2) is 0 Å². The number of halogens is 3. The van der Waals surface area contributed by atoms with Crippen molar-refractivity contribution >= 4 is 39.1 Å². The summed E-state index contributed by atoms with van der Waals surface area (Å²) in [7, 11) is 0. The number of hydrogen-bond acceptors (Lipinski definition) is 2. The number of benzene rings is 2. The number of anilines is 1. The lowest BCUT2D eigenvalue weighted by Crippen LogP contribution is -2.08. The van der Waals surface area contributed by atoms with E-state index in [4.69, 9.17) is 11.6 Å². The van der Waals surface area contributed by atoms with Crippen LogP contribution in [-0.2, 0) is 0 Å². The zero-order valence-corrected chi connectivity index (χ0v) is 13.5. The molecule has 0 amide bonds. The van der Waals surface area contributed by atoms with E-state index in [0.29, 0.717) is 5.02 Å². The fraction of sp³-hybridized carbons (Fsp3) is 0.188. The first-order valence-electron chi connectivity index (χ1n) is 6.66. The number of amidine groups is 1. The molecule has 0 radical (unpaired) electrons. The van der Waals surface area contributed by atoms with Crippen LogP contribution in [-0.4, -0.2) is 5.84 Å². The summed E-state index contributed by atoms with van der Waals surface area (Å²) in [4.78, 5) is 4.64. The van der Waals surface area contributed by atoms with E-state index in [1.807, 2.05) is 24.3 Å². The van der Waals surface area contributed by atoms with Crippen LogP contribution in [0.5, 0.6) is 0 Å². The number of rotatable bonds is 2. The minimum absolute atomic E-state index is 0.0225. The van der Waals surface area contributed by atoms with Crippen molar-refractivity contribution in [3.63, 3.8) is 0 Å². The fourth-order valence-corrected chi connectivity index (χ4v) is 3.17. The molecule has 1 heterocycles. The average molecular weight is 368 g/mol. The quantitative estimate of drug-likeness (QED) is 0.735. The van der Waals surface area contributed by atoms with Gasteiger partial charge in [-0.2, -0.15) is 0 Å². The maximum Gasteiger partial charge on any atom is 0.123 e. The molecule has 0 saturated carbocycles. The van der Waals surface area contributed by atoms with Crippen LogP contribution in [0.3, 0.4) is 0 Å². The highest BCUT2D eigenvalue weighted by molar-refractivity contribution is 9.10. The maximum atomic E-state index is 13.3. The van der Waals surface area contributed by atoms with Crippen molar-refractivity contribution in [2.45, 2.75) is 18.9 Å². The third-order valence-electron chi connectivity index (χ3n) is 3.41. The van der Waals surface area contributed by atoms with Crippen LogP contribution in [0.2, 0.25) is 5.02 Å². The van der Waals surface area contributed by atoms with Crippen LogP contribution >= 0.6 is 27.5 Å². The van der Waals surface area contributed by atoms with E-state index in [0.717, 1.165) is 34.4 Å². The van der Waals surface area contributed by atoms with Crippen molar-refractivity contribution in [1.82, 2.24) is 0 Å². The van der Waals surface area contributed by atoms with Crippen molar-refractivity contribution in [2.24, 2.45) is 4.99 Å². The van der Waals surface area contributed by atoms with Crippen LogP contribution in [0.25, 0.3) is 0 Å². The normalized spacial score (nSPS) is 17.7. The largest absolute Gasteiger partial charge is 0.343 e. The first-order valence-corrected chi connectivity index (χ1v) is 7.83. The van der Waals surface area contributed by atoms with Gasteiger partial charge in [-0.3, -0.25) is 4.99 Å². The molecule has 0 fully saturated rings. The third kappa shape index (κ3) is 3.44. The lowest BCUT2D eigenvalue weighted by Gasteiger charge is -2.08. The second-order valence-corrected chi connectivity index (χ2v) is 6.23. The summed E-state index contributed by atoms with van der Waals surface area (Å²) < 4.78 is 14.2. The predicted octanol–water partition coefficient (Wildman–Crippen LogP) is 5.59. The molecule has 0 saturated heterocycles. The molecule has 1 aliphatic heterocycles. The highest BCUT2D eigenvalue weighted by Gasteiger charge is 2.20. The van der Waals surface area contributed by atoms with Crippen LogP contribution < -0.4 is 5.32 Å². The van der Waals surface area contributed by atoms with Gasteiger partial charge in [0, 0.05) is 15.9 Å². The van der Waals surface area contributed by atoms with E-state index >= 15 is 0 Å². The molecular formula is C16H13BrClFN2. The Labute approximate surface area is 136 Å². The molecular weight excluding hydrogens is 355 g/mol. The van der Waals surface area contributed by atoms with Crippen LogP contribution in [0.15, 0.2) is 51.9 Å². The Bertz CT molecular complexity index is 702. The SMILES string of the molecule is Fc1cccc(C2CCC(Nc3ccc(Cl)cc3Br)=N2)c1. The lowest BCUT2D eigenvalue weighted by atomic mass is 10.1. The van der Waals surface area contributed by atoms with Crippen LogP contribution in [0.4, 0.5) is 10.1 Å². The van der Waals surface area contributed by atoms with Gasteiger partial charge in [-0.15, -0.1) is 0 Å². The van der Waals surface area contributed by atoms with Gasteiger partial charge in [0.2, 0.25) is 0 Å². The smallest absolute Gasteiger partial charge is 0.123 e. The Balaban J connectivity index is 1.77. The van der Waals surface area contributed by atoms with Crippen molar-refractivity contribution in [2.75, 3.05) is 5.32 Å². The Kier molecular flexibility index (Phi) is 4.27. The van der Waals surface area contributed by atoms with Crippen LogP contribution in [0.1, 0.15) is 24.4 Å². The van der Waals surface area contributed by atoms with Gasteiger partial charge in [-0.25, -0.2) is 4.39 Å². The second kappa shape index (κ2) is 6.16. The highest BCUT2D eigenvalue weighted by Crippen LogP contribution is 2.31. The Morgan fingerprint density at radius 1 is 1.24 bits per heavy atom. The van der Waals surface area contributed by atoms with Gasteiger partial charge in [-0.05, 0) is 58.2 Å². The fourth-order valence-electron chi connectivity index (χ4n) is 2.39. The monoisotopic (exact) mass is 366 g/mol. The third-order valence-corrected chi connectivity index (χ3v) is 4.30. The summed E-state index contributed by atoms with van der Waals surface area (Å²) in [6, 6.07) is 12.2. The molecule has 1 aliphatic rings. The topological polar surface area (TPSA) is 24.4 Å². The highest BCUT2D eigenvalue weighted by atomic mass is 79.9. The summed E-state index contributed by atoms with van der Waals surface area (Å²) in [5.74, 6) is 0.692. The summed E-state index contributed by atoms with van der Waals surface area (Å²) in [5, 5.41) is 3.98. The van der Waals surface area contributed by atoms with Crippen molar-refractivity contribution in [3.05, 3.63) is 63.3 Å². The Morgan fingerprint density at radius 2 is 2.10 bits per heavy atom. The molecule has 2 aromatic rings. The van der Waals surface area contributed by atoms with Crippen molar-refractivity contribution in [1.29, 1.82) is 0 Å². The molecule has 1 unspecified atom stereocenters. The van der Waals surface area contributed by atoms with Crippen molar-refractivity contribution in [3.8, 4) is 0 Å². The number of nitrogens with one attached hydrogen (secondary N) is 1. The van der Waals surface area contributed by atoms with Crippen molar-refractivity contribution < 1.29 is 4.39 Å². The molecule has 21 heavy (non-hydrogen) atoms. The maximum absolute atomic E-state index is 13.3. The van der Waals surface area contributed by atoms with Gasteiger partial charge in [-0.1, -0.05) is 23.7 Å². The molecule has 0 bridgehead atoms. The van der Waals surface area contributed by atoms with E-state index in [2.05, 4.69) is 26.2 Å². The molecule has 3 rings (SSSR count). The minimum Gasteiger partial charge on any atom is -0.343 e. The summed E-state index contributed by atoms with van der Waals surface area (Å²) in [6.07, 6.45) is 1.73. The standard InChI is InChI=1S/C16H13BrClFN2/c17-13-9-11(18)4-5-15(13)21-16-7-6-14(20-16)10-2-1-3-12(19)8-10/h1-5,8-9,14H,6-7H2,(H,20,21). The molecule has 108 valence electrons. The van der Waals surface area contributed by atoms with Gasteiger partial charge < -0.3 is 5.32 Å². The van der Waals surface area contributed by atoms with E-state index in [1.54, 1.807) is 12.1 Å². The Hall–Kier alpha value is -1.39. The zero-order valence-electron chi connectivity index (χ0n) is 11.1. The average Bonchev–Trinajstić information content (AvgIpc) is 2.91. The summed E-state index contributed by atoms with van der Waals surface area (Å²) >= 11 is 9.40. The number of nitrogens with zero attached hydrogens (tertiary/aromatic N) is 1. The van der Waals surface area contributed by atoms with E-state index in [9.17, 15) is 4.39 Å². The summed E-state index contributed by atoms with van der Waals surface area (Å²) in [5.41, 5.74) is 1.85. The van der Waals surface area contributed by atoms with Gasteiger partial charge in [0.25, 0.3) is 0 Å². The molecule has 0 aliphatic carbocycles. The molecule has 1 atom stereocenters. The predicted molar refractivity (Wildman–Crippen MR) is 88.6 cm³/mol. The van der Waals surface area contributed by atoms with Crippen LogP contribution in [0, 0.1) is 5.82 Å². The molecule has 5 heteroatoms. The van der Waals surface area contributed by atoms with E-state index in [-0.39, 0.29) is 11.9 Å². The van der Waals surface area contributed by atoms with E-state index < -0.39 is 0 Å². The summed E-state index contributed by atoms with van der Waals surface area (Å²) in [6.45, 7) is 0. The lowest BCUT2D eigenvalue weighted by molar-refractivity contribution is 0.619. The molecule has 0 aromatic heterocycles. The van der Waals surface area contributed by atoms with E-state index in [1.165, 1.54) is 6.07 Å².